The zero-order valence-electron chi connectivity index (χ0n) is 20.8. The van der Waals surface area contributed by atoms with Gasteiger partial charge in [0.05, 0.1) is 22.8 Å². The Labute approximate surface area is 226 Å². The number of H-pyrrole nitrogens is 2. The lowest BCUT2D eigenvalue weighted by atomic mass is 10.0. The van der Waals surface area contributed by atoms with E-state index in [1.54, 1.807) is 67.3 Å². The van der Waals surface area contributed by atoms with Crippen LogP contribution in [0.2, 0.25) is 0 Å². The number of aromatic amines is 2. The highest BCUT2D eigenvalue weighted by molar-refractivity contribution is 6.04. The van der Waals surface area contributed by atoms with E-state index in [1.165, 1.54) is 6.20 Å². The molecular formula is C30H19FN8O. The minimum atomic E-state index is -0.490. The zero-order valence-corrected chi connectivity index (χ0v) is 20.8. The molecular weight excluding hydrogens is 507 g/mol. The van der Waals surface area contributed by atoms with Gasteiger partial charge in [-0.05, 0) is 42.5 Å². The quantitative estimate of drug-likeness (QED) is 0.252. The van der Waals surface area contributed by atoms with Crippen molar-refractivity contribution in [3.05, 3.63) is 109 Å². The number of hydrogen-bond acceptors (Lipinski definition) is 6. The third-order valence-corrected chi connectivity index (χ3v) is 6.59. The van der Waals surface area contributed by atoms with E-state index in [0.717, 1.165) is 11.1 Å². The lowest BCUT2D eigenvalue weighted by Crippen LogP contribution is -2.11. The fourth-order valence-electron chi connectivity index (χ4n) is 4.69. The summed E-state index contributed by atoms with van der Waals surface area (Å²) < 4.78 is 16.2. The van der Waals surface area contributed by atoms with Crippen molar-refractivity contribution in [3.8, 4) is 33.8 Å². The van der Waals surface area contributed by atoms with Crippen molar-refractivity contribution >= 4 is 33.7 Å². The molecule has 7 rings (SSSR count). The molecule has 3 N–H and O–H groups in total. The Hall–Kier alpha value is -5.77. The van der Waals surface area contributed by atoms with Crippen LogP contribution in [0.1, 0.15) is 10.4 Å². The molecule has 2 aromatic carbocycles. The number of anilines is 1. The molecule has 192 valence electrons. The minimum absolute atomic E-state index is 0.276. The second-order valence-electron chi connectivity index (χ2n) is 9.09. The normalized spacial score (nSPS) is 11.2. The van der Waals surface area contributed by atoms with Crippen LogP contribution in [0.4, 0.5) is 10.1 Å². The molecule has 7 aromatic rings. The number of halogens is 1. The highest BCUT2D eigenvalue weighted by atomic mass is 19.1. The molecule has 40 heavy (non-hydrogen) atoms. The number of nitrogens with one attached hydrogen (secondary N) is 3. The maximum Gasteiger partial charge on any atom is 0.255 e. The largest absolute Gasteiger partial charge is 0.321 e. The maximum absolute atomic E-state index is 16.2. The van der Waals surface area contributed by atoms with Gasteiger partial charge < -0.3 is 10.3 Å². The summed E-state index contributed by atoms with van der Waals surface area (Å²) in [6, 6.07) is 19.6. The van der Waals surface area contributed by atoms with Gasteiger partial charge in [-0.25, -0.2) is 14.4 Å². The topological polar surface area (TPSA) is 125 Å². The first kappa shape index (κ1) is 23.4. The highest BCUT2D eigenvalue weighted by Gasteiger charge is 2.21. The van der Waals surface area contributed by atoms with Gasteiger partial charge in [-0.3, -0.25) is 19.9 Å². The molecule has 0 unspecified atom stereocenters. The van der Waals surface area contributed by atoms with Crippen LogP contribution in [0.3, 0.4) is 0 Å². The van der Waals surface area contributed by atoms with Crippen molar-refractivity contribution in [3.63, 3.8) is 0 Å². The first-order chi connectivity index (χ1) is 19.7. The van der Waals surface area contributed by atoms with Crippen molar-refractivity contribution in [2.45, 2.75) is 0 Å². The average molecular weight is 527 g/mol. The summed E-state index contributed by atoms with van der Waals surface area (Å²) in [7, 11) is 0. The lowest BCUT2D eigenvalue weighted by Gasteiger charge is -2.09. The van der Waals surface area contributed by atoms with Crippen LogP contribution in [-0.2, 0) is 0 Å². The number of carbonyl (C=O) groups is 1. The number of nitrogens with zero attached hydrogens (tertiary/aromatic N) is 5. The third kappa shape index (κ3) is 4.04. The number of pyridine rings is 3. The standard InChI is InChI=1S/C30H19FN8O/c31-25-21(19-13-20(16-33-15-19)35-30(40)17-5-2-1-3-6-17)8-9-23-24(25)27(39-38-23)29-36-26-22(10-12-34-28(26)37-29)18-7-4-11-32-14-18/h1-16H,(H,35,40)(H,38,39)(H,34,36,37). The van der Waals surface area contributed by atoms with Crippen LogP contribution in [0.15, 0.2) is 97.7 Å². The Balaban J connectivity index is 1.29. The van der Waals surface area contributed by atoms with Crippen LogP contribution < -0.4 is 5.32 Å². The van der Waals surface area contributed by atoms with Gasteiger partial charge in [0.1, 0.15) is 17.0 Å². The monoisotopic (exact) mass is 526 g/mol. The van der Waals surface area contributed by atoms with Crippen molar-refractivity contribution in [2.24, 2.45) is 0 Å². The number of aromatic nitrogens is 7. The van der Waals surface area contributed by atoms with Gasteiger partial charge in [0.2, 0.25) is 0 Å². The fourth-order valence-corrected chi connectivity index (χ4v) is 4.69. The van der Waals surface area contributed by atoms with E-state index in [4.69, 9.17) is 4.98 Å². The first-order valence-corrected chi connectivity index (χ1v) is 12.4. The number of hydrogen-bond donors (Lipinski definition) is 3. The molecule has 0 aliphatic heterocycles. The Morgan fingerprint density at radius 2 is 1.73 bits per heavy atom. The number of amides is 1. The summed E-state index contributed by atoms with van der Waals surface area (Å²) in [6.07, 6.45) is 8.21. The summed E-state index contributed by atoms with van der Waals surface area (Å²) in [6.45, 7) is 0. The number of imidazole rings is 1. The molecule has 1 amide bonds. The smallest absolute Gasteiger partial charge is 0.255 e. The molecule has 0 bridgehead atoms. The second kappa shape index (κ2) is 9.52. The summed E-state index contributed by atoms with van der Waals surface area (Å²) in [5.41, 5.74) is 5.53. The van der Waals surface area contributed by atoms with Crippen LogP contribution in [-0.4, -0.2) is 41.0 Å². The van der Waals surface area contributed by atoms with E-state index < -0.39 is 5.82 Å². The molecule has 5 heterocycles. The minimum Gasteiger partial charge on any atom is -0.321 e. The number of benzene rings is 2. The van der Waals surface area contributed by atoms with Crippen molar-refractivity contribution < 1.29 is 9.18 Å². The molecule has 0 spiro atoms. The van der Waals surface area contributed by atoms with Crippen molar-refractivity contribution in [1.82, 2.24) is 35.1 Å². The SMILES string of the molecule is O=C(Nc1cncc(-c2ccc3[nH]nc(-c4nc5c(-c6cccnc6)ccnc5[nH]4)c3c2F)c1)c1ccccc1. The van der Waals surface area contributed by atoms with Crippen LogP contribution in [0.5, 0.6) is 0 Å². The van der Waals surface area contributed by atoms with E-state index >= 15 is 4.39 Å². The van der Waals surface area contributed by atoms with Crippen LogP contribution in [0.25, 0.3) is 55.8 Å². The molecule has 9 nitrogen and oxygen atoms in total. The molecule has 0 fully saturated rings. The molecule has 0 aliphatic rings. The number of rotatable bonds is 5. The fraction of sp³-hybridized carbons (Fsp3) is 0. The lowest BCUT2D eigenvalue weighted by molar-refractivity contribution is 0.102. The Kier molecular flexibility index (Phi) is 5.56. The molecule has 0 atom stereocenters. The van der Waals surface area contributed by atoms with Gasteiger partial charge in [-0.2, -0.15) is 5.10 Å². The van der Waals surface area contributed by atoms with Crippen molar-refractivity contribution in [2.75, 3.05) is 5.32 Å². The predicted octanol–water partition coefficient (Wildman–Crippen LogP) is 6.02. The Morgan fingerprint density at radius 3 is 2.58 bits per heavy atom. The molecule has 0 aliphatic carbocycles. The predicted molar refractivity (Wildman–Crippen MR) is 150 cm³/mol. The number of carbonyl (C=O) groups excluding carboxylic acids is 1. The van der Waals surface area contributed by atoms with E-state index in [1.807, 2.05) is 24.3 Å². The maximum atomic E-state index is 16.2. The van der Waals surface area contributed by atoms with E-state index in [2.05, 4.69) is 35.5 Å². The molecule has 0 radical (unpaired) electrons. The van der Waals surface area contributed by atoms with Gasteiger partial charge in [0.25, 0.3) is 5.91 Å². The molecule has 0 saturated carbocycles. The van der Waals surface area contributed by atoms with E-state index in [0.29, 0.717) is 50.6 Å². The zero-order chi connectivity index (χ0) is 27.1. The Morgan fingerprint density at radius 1 is 0.850 bits per heavy atom. The van der Waals surface area contributed by atoms with E-state index in [-0.39, 0.29) is 11.3 Å². The van der Waals surface area contributed by atoms with Crippen LogP contribution in [0, 0.1) is 5.82 Å². The Bertz CT molecular complexity index is 2020. The van der Waals surface area contributed by atoms with Gasteiger partial charge in [0.15, 0.2) is 11.5 Å². The van der Waals surface area contributed by atoms with E-state index in [9.17, 15) is 4.79 Å². The highest BCUT2D eigenvalue weighted by Crippen LogP contribution is 2.35. The van der Waals surface area contributed by atoms with Gasteiger partial charge in [-0.1, -0.05) is 24.3 Å². The molecule has 5 aromatic heterocycles. The average Bonchev–Trinajstić information content (AvgIpc) is 3.63. The summed E-state index contributed by atoms with van der Waals surface area (Å²) in [5, 5.41) is 10.4. The van der Waals surface area contributed by atoms with Gasteiger partial charge in [0, 0.05) is 52.6 Å². The third-order valence-electron chi connectivity index (χ3n) is 6.59. The summed E-state index contributed by atoms with van der Waals surface area (Å²) >= 11 is 0. The van der Waals surface area contributed by atoms with Gasteiger partial charge >= 0.3 is 0 Å². The van der Waals surface area contributed by atoms with Gasteiger partial charge in [-0.15, -0.1) is 0 Å². The van der Waals surface area contributed by atoms with Crippen LogP contribution >= 0.6 is 0 Å². The van der Waals surface area contributed by atoms with Crippen molar-refractivity contribution in [1.29, 1.82) is 0 Å². The second-order valence-corrected chi connectivity index (χ2v) is 9.09. The summed E-state index contributed by atoms with van der Waals surface area (Å²) in [5.74, 6) is -0.393. The first-order valence-electron chi connectivity index (χ1n) is 12.4. The number of fused-ring (bicyclic) bond motifs is 2. The molecule has 0 saturated heterocycles. The molecule has 10 heteroatoms. The summed E-state index contributed by atoms with van der Waals surface area (Å²) in [4.78, 5) is 33.4.